The Labute approximate surface area is 122 Å². The lowest BCUT2D eigenvalue weighted by atomic mass is 10.2. The normalized spacial score (nSPS) is 18.3. The molecule has 0 saturated carbocycles. The second kappa shape index (κ2) is 5.20. The van der Waals surface area contributed by atoms with E-state index in [0.717, 1.165) is 18.5 Å². The van der Waals surface area contributed by atoms with Gasteiger partial charge in [0.1, 0.15) is 11.7 Å². The van der Waals surface area contributed by atoms with Crippen molar-refractivity contribution >= 4 is 11.6 Å². The van der Waals surface area contributed by atoms with Crippen LogP contribution in [0.4, 0.5) is 10.1 Å². The quantitative estimate of drug-likeness (QED) is 0.939. The molecule has 1 aromatic carbocycles. The number of likely N-dealkylation sites (N-methyl/N-ethyl adjacent to an activating group) is 1. The first-order valence-electron chi connectivity index (χ1n) is 6.87. The Morgan fingerprint density at radius 3 is 2.81 bits per heavy atom. The van der Waals surface area contributed by atoms with Crippen LogP contribution in [0.25, 0.3) is 5.69 Å². The molecule has 6 heteroatoms. The van der Waals surface area contributed by atoms with Gasteiger partial charge in [0.05, 0.1) is 6.20 Å². The minimum atomic E-state index is -0.373. The standard InChI is InChI=1S/C15H17FN4O/c1-10-8-17-20(9-10)14-4-3-11(7-12(14)16)18-13-5-6-19(2)15(13)21/h3-4,7-9,13,18H,5-6H2,1-2H3. The Morgan fingerprint density at radius 2 is 2.24 bits per heavy atom. The molecule has 0 bridgehead atoms. The Hall–Kier alpha value is -2.37. The number of hydrogen-bond acceptors (Lipinski definition) is 3. The summed E-state index contributed by atoms with van der Waals surface area (Å²) in [7, 11) is 1.77. The zero-order valence-corrected chi connectivity index (χ0v) is 12.0. The van der Waals surface area contributed by atoms with Crippen molar-refractivity contribution < 1.29 is 9.18 Å². The number of aromatic nitrogens is 2. The van der Waals surface area contributed by atoms with E-state index >= 15 is 0 Å². The molecule has 0 radical (unpaired) electrons. The fourth-order valence-corrected chi connectivity index (χ4v) is 2.48. The van der Waals surface area contributed by atoms with Crippen LogP contribution in [0.3, 0.4) is 0 Å². The lowest BCUT2D eigenvalue weighted by Gasteiger charge is -2.14. The van der Waals surface area contributed by atoms with Gasteiger partial charge in [-0.25, -0.2) is 9.07 Å². The van der Waals surface area contributed by atoms with Crippen molar-refractivity contribution in [3.05, 3.63) is 42.0 Å². The molecule has 1 saturated heterocycles. The van der Waals surface area contributed by atoms with Gasteiger partial charge < -0.3 is 10.2 Å². The molecule has 1 atom stereocenters. The van der Waals surface area contributed by atoms with Crippen LogP contribution in [0.1, 0.15) is 12.0 Å². The van der Waals surface area contributed by atoms with Gasteiger partial charge >= 0.3 is 0 Å². The Morgan fingerprint density at radius 1 is 1.43 bits per heavy atom. The zero-order chi connectivity index (χ0) is 15.0. The van der Waals surface area contributed by atoms with Gasteiger partial charge in [0.25, 0.3) is 0 Å². The van der Waals surface area contributed by atoms with Crippen molar-refractivity contribution in [3.63, 3.8) is 0 Å². The molecular formula is C15H17FN4O. The van der Waals surface area contributed by atoms with E-state index in [1.807, 2.05) is 6.92 Å². The van der Waals surface area contributed by atoms with Crippen molar-refractivity contribution in [2.75, 3.05) is 18.9 Å². The van der Waals surface area contributed by atoms with Crippen LogP contribution in [-0.4, -0.2) is 40.2 Å². The summed E-state index contributed by atoms with van der Waals surface area (Å²) in [5, 5.41) is 7.18. The third kappa shape index (κ3) is 2.61. The van der Waals surface area contributed by atoms with Gasteiger partial charge in [-0.15, -0.1) is 0 Å². The summed E-state index contributed by atoms with van der Waals surface area (Å²) in [6.07, 6.45) is 4.18. The van der Waals surface area contributed by atoms with Crippen molar-refractivity contribution in [2.45, 2.75) is 19.4 Å². The van der Waals surface area contributed by atoms with Crippen molar-refractivity contribution in [3.8, 4) is 5.69 Å². The number of aryl methyl sites for hydroxylation is 1. The lowest BCUT2D eigenvalue weighted by molar-refractivity contribution is -0.127. The number of nitrogens with zero attached hydrogens (tertiary/aromatic N) is 3. The smallest absolute Gasteiger partial charge is 0.244 e. The van der Waals surface area contributed by atoms with E-state index in [2.05, 4.69) is 10.4 Å². The SMILES string of the molecule is Cc1cnn(-c2ccc(NC3CCN(C)C3=O)cc2F)c1. The van der Waals surface area contributed by atoms with E-state index in [1.54, 1.807) is 36.5 Å². The second-order valence-electron chi connectivity index (χ2n) is 5.37. The summed E-state index contributed by atoms with van der Waals surface area (Å²) >= 11 is 0. The van der Waals surface area contributed by atoms with Crippen LogP contribution in [0.5, 0.6) is 0 Å². The highest BCUT2D eigenvalue weighted by molar-refractivity contribution is 5.86. The van der Waals surface area contributed by atoms with Gasteiger partial charge in [0, 0.05) is 25.5 Å². The van der Waals surface area contributed by atoms with E-state index in [9.17, 15) is 9.18 Å². The summed E-state index contributed by atoms with van der Waals surface area (Å²) in [6, 6.07) is 4.55. The van der Waals surface area contributed by atoms with E-state index in [0.29, 0.717) is 11.4 Å². The van der Waals surface area contributed by atoms with Crippen molar-refractivity contribution in [1.29, 1.82) is 0 Å². The molecule has 1 aliphatic heterocycles. The number of amides is 1. The molecule has 0 spiro atoms. The van der Waals surface area contributed by atoms with Crippen LogP contribution in [0.15, 0.2) is 30.6 Å². The van der Waals surface area contributed by atoms with Gasteiger partial charge in [-0.3, -0.25) is 4.79 Å². The van der Waals surface area contributed by atoms with Gasteiger partial charge in [-0.05, 0) is 37.1 Å². The molecule has 1 fully saturated rings. The number of carbonyl (C=O) groups is 1. The highest BCUT2D eigenvalue weighted by atomic mass is 19.1. The first kappa shape index (κ1) is 13.6. The summed E-state index contributed by atoms with van der Waals surface area (Å²) in [5.74, 6) is -0.330. The molecule has 1 aliphatic rings. The Kier molecular flexibility index (Phi) is 3.37. The molecule has 110 valence electrons. The number of hydrogen-bond donors (Lipinski definition) is 1. The molecule has 1 unspecified atom stereocenters. The number of benzene rings is 1. The van der Waals surface area contributed by atoms with Crippen LogP contribution >= 0.6 is 0 Å². The van der Waals surface area contributed by atoms with E-state index in [-0.39, 0.29) is 17.8 Å². The molecule has 2 heterocycles. The largest absolute Gasteiger partial charge is 0.374 e. The maximum atomic E-state index is 14.2. The second-order valence-corrected chi connectivity index (χ2v) is 5.37. The molecule has 0 aliphatic carbocycles. The Bertz CT molecular complexity index is 682. The highest BCUT2D eigenvalue weighted by Crippen LogP contribution is 2.21. The summed E-state index contributed by atoms with van der Waals surface area (Å²) in [6.45, 7) is 2.63. The third-order valence-electron chi connectivity index (χ3n) is 3.67. The fraction of sp³-hybridized carbons (Fsp3) is 0.333. The molecule has 1 aromatic heterocycles. The zero-order valence-electron chi connectivity index (χ0n) is 12.0. The number of carbonyl (C=O) groups excluding carboxylic acids is 1. The highest BCUT2D eigenvalue weighted by Gasteiger charge is 2.28. The molecule has 3 rings (SSSR count). The van der Waals surface area contributed by atoms with E-state index in [1.165, 1.54) is 10.7 Å². The topological polar surface area (TPSA) is 50.2 Å². The average Bonchev–Trinajstić information content (AvgIpc) is 3.00. The van der Waals surface area contributed by atoms with Gasteiger partial charge in [0.2, 0.25) is 5.91 Å². The number of nitrogens with one attached hydrogen (secondary N) is 1. The summed E-state index contributed by atoms with van der Waals surface area (Å²) in [5.41, 5.74) is 1.97. The summed E-state index contributed by atoms with van der Waals surface area (Å²) in [4.78, 5) is 13.5. The summed E-state index contributed by atoms with van der Waals surface area (Å²) < 4.78 is 15.7. The number of rotatable bonds is 3. The first-order valence-corrected chi connectivity index (χ1v) is 6.87. The van der Waals surface area contributed by atoms with E-state index in [4.69, 9.17) is 0 Å². The van der Waals surface area contributed by atoms with Gasteiger partial charge in [-0.2, -0.15) is 5.10 Å². The Balaban J connectivity index is 1.80. The number of likely N-dealkylation sites (tertiary alicyclic amines) is 1. The maximum Gasteiger partial charge on any atom is 0.244 e. The average molecular weight is 288 g/mol. The molecule has 1 N–H and O–H groups in total. The maximum absolute atomic E-state index is 14.2. The van der Waals surface area contributed by atoms with Crippen molar-refractivity contribution in [2.24, 2.45) is 0 Å². The predicted octanol–water partition coefficient (Wildman–Crippen LogP) is 1.96. The van der Waals surface area contributed by atoms with Crippen molar-refractivity contribution in [1.82, 2.24) is 14.7 Å². The van der Waals surface area contributed by atoms with Gasteiger partial charge in [0.15, 0.2) is 5.82 Å². The third-order valence-corrected chi connectivity index (χ3v) is 3.67. The molecule has 21 heavy (non-hydrogen) atoms. The lowest BCUT2D eigenvalue weighted by Crippen LogP contribution is -2.30. The number of anilines is 1. The monoisotopic (exact) mass is 288 g/mol. The molecule has 5 nitrogen and oxygen atoms in total. The minimum absolute atomic E-state index is 0.0437. The minimum Gasteiger partial charge on any atom is -0.374 e. The first-order chi connectivity index (χ1) is 10.0. The van der Waals surface area contributed by atoms with Gasteiger partial charge in [-0.1, -0.05) is 0 Å². The van der Waals surface area contributed by atoms with Crippen LogP contribution in [0.2, 0.25) is 0 Å². The van der Waals surface area contributed by atoms with Crippen LogP contribution in [-0.2, 0) is 4.79 Å². The molecule has 2 aromatic rings. The number of halogens is 1. The fourth-order valence-electron chi connectivity index (χ4n) is 2.48. The molecule has 1 amide bonds. The predicted molar refractivity (Wildman–Crippen MR) is 77.9 cm³/mol. The van der Waals surface area contributed by atoms with E-state index < -0.39 is 0 Å². The van der Waals surface area contributed by atoms with Crippen LogP contribution < -0.4 is 5.32 Å². The van der Waals surface area contributed by atoms with Crippen LogP contribution in [0, 0.1) is 12.7 Å². The molecular weight excluding hydrogens is 271 g/mol.